The molecule has 0 unspecified atom stereocenters. The highest BCUT2D eigenvalue weighted by molar-refractivity contribution is 5.90. The van der Waals surface area contributed by atoms with Gasteiger partial charge < -0.3 is 20.1 Å². The molecule has 15 heavy (non-hydrogen) atoms. The minimum absolute atomic E-state index is 0.0971. The van der Waals surface area contributed by atoms with Gasteiger partial charge in [-0.15, -0.1) is 0 Å². The molecule has 6 heteroatoms. The van der Waals surface area contributed by atoms with Gasteiger partial charge in [0.15, 0.2) is 6.61 Å². The van der Waals surface area contributed by atoms with Crippen LogP contribution >= 0.6 is 0 Å². The van der Waals surface area contributed by atoms with Crippen LogP contribution in [0.3, 0.4) is 0 Å². The molecule has 0 bridgehead atoms. The zero-order valence-electron chi connectivity index (χ0n) is 7.51. The normalized spacial score (nSPS) is 9.60. The first-order valence-corrected chi connectivity index (χ1v) is 3.91. The van der Waals surface area contributed by atoms with Gasteiger partial charge in [0.25, 0.3) is 0 Å². The molecule has 0 aliphatic heterocycles. The molecule has 0 aliphatic carbocycles. The summed E-state index contributed by atoms with van der Waals surface area (Å²) >= 11 is 0. The van der Waals surface area contributed by atoms with E-state index in [-0.39, 0.29) is 11.3 Å². The van der Waals surface area contributed by atoms with Gasteiger partial charge in [0.05, 0.1) is 0 Å². The van der Waals surface area contributed by atoms with Crippen molar-refractivity contribution < 1.29 is 29.6 Å². The Morgan fingerprint density at radius 2 is 1.93 bits per heavy atom. The second kappa shape index (κ2) is 4.32. The minimum Gasteiger partial charge on any atom is -0.507 e. The van der Waals surface area contributed by atoms with E-state index in [1.807, 2.05) is 0 Å². The van der Waals surface area contributed by atoms with Gasteiger partial charge in [-0.25, -0.2) is 9.59 Å². The number of aromatic carboxylic acids is 1. The van der Waals surface area contributed by atoms with Gasteiger partial charge in [-0.3, -0.25) is 0 Å². The quantitative estimate of drug-likeness (QED) is 0.673. The molecule has 1 rings (SSSR count). The lowest BCUT2D eigenvalue weighted by Crippen LogP contribution is -2.09. The number of aromatic hydroxyl groups is 1. The molecule has 0 radical (unpaired) electrons. The second-order valence-electron chi connectivity index (χ2n) is 2.67. The summed E-state index contributed by atoms with van der Waals surface area (Å²) in [5.41, 5.74) is -0.266. The predicted molar refractivity (Wildman–Crippen MR) is 48.2 cm³/mol. The van der Waals surface area contributed by atoms with Gasteiger partial charge in [-0.2, -0.15) is 0 Å². The molecule has 0 saturated heterocycles. The first kappa shape index (κ1) is 10.8. The number of hydrogen-bond donors (Lipinski definition) is 3. The van der Waals surface area contributed by atoms with Crippen LogP contribution in [0, 0.1) is 0 Å². The topological polar surface area (TPSA) is 104 Å². The van der Waals surface area contributed by atoms with Gasteiger partial charge >= 0.3 is 11.9 Å². The number of benzene rings is 1. The number of phenols is 1. The number of carboxylic acids is 2. The number of carbonyl (C=O) groups is 2. The fraction of sp³-hybridized carbons (Fsp3) is 0.111. The van der Waals surface area contributed by atoms with Crippen molar-refractivity contribution in [1.82, 2.24) is 0 Å². The SMILES string of the molecule is O=C(O)COc1ccc(C(=O)O)c(O)c1. The number of ether oxygens (including phenoxy) is 1. The molecule has 0 fully saturated rings. The highest BCUT2D eigenvalue weighted by Crippen LogP contribution is 2.23. The molecular weight excluding hydrogens is 204 g/mol. The fourth-order valence-electron chi connectivity index (χ4n) is 0.927. The molecule has 0 aliphatic rings. The molecule has 6 nitrogen and oxygen atoms in total. The van der Waals surface area contributed by atoms with Crippen molar-refractivity contribution in [2.45, 2.75) is 0 Å². The highest BCUT2D eigenvalue weighted by atomic mass is 16.5. The third-order valence-electron chi connectivity index (χ3n) is 1.56. The summed E-state index contributed by atoms with van der Waals surface area (Å²) in [6, 6.07) is 3.45. The van der Waals surface area contributed by atoms with Crippen molar-refractivity contribution in [3.63, 3.8) is 0 Å². The lowest BCUT2D eigenvalue weighted by molar-refractivity contribution is -0.139. The molecule has 0 saturated carbocycles. The molecule has 0 aromatic heterocycles. The summed E-state index contributed by atoms with van der Waals surface area (Å²) in [5.74, 6) is -2.79. The molecule has 1 aromatic carbocycles. The lowest BCUT2D eigenvalue weighted by Gasteiger charge is -2.04. The summed E-state index contributed by atoms with van der Waals surface area (Å²) < 4.78 is 4.73. The maximum Gasteiger partial charge on any atom is 0.341 e. The number of carboxylic acid groups (broad SMARTS) is 2. The average Bonchev–Trinajstić information content (AvgIpc) is 2.14. The Morgan fingerprint density at radius 1 is 1.27 bits per heavy atom. The van der Waals surface area contributed by atoms with Crippen LogP contribution in [0.4, 0.5) is 0 Å². The number of rotatable bonds is 4. The third kappa shape index (κ3) is 2.87. The van der Waals surface area contributed by atoms with Crippen LogP contribution in [0.5, 0.6) is 11.5 Å². The standard InChI is InChI=1S/C9H8O6/c10-7-3-5(15-4-8(11)12)1-2-6(7)9(13)14/h1-3,10H,4H2,(H,11,12)(H,13,14). The molecule has 0 atom stereocenters. The maximum absolute atomic E-state index is 10.5. The van der Waals surface area contributed by atoms with E-state index in [1.54, 1.807) is 0 Å². The monoisotopic (exact) mass is 212 g/mol. The summed E-state index contributed by atoms with van der Waals surface area (Å²) in [6.45, 7) is -0.550. The van der Waals surface area contributed by atoms with Crippen LogP contribution in [0.15, 0.2) is 18.2 Å². The third-order valence-corrected chi connectivity index (χ3v) is 1.56. The summed E-state index contributed by atoms with van der Waals surface area (Å²) in [6.07, 6.45) is 0. The smallest absolute Gasteiger partial charge is 0.341 e. The second-order valence-corrected chi connectivity index (χ2v) is 2.67. The van der Waals surface area contributed by atoms with Crippen molar-refractivity contribution in [2.75, 3.05) is 6.61 Å². The van der Waals surface area contributed by atoms with E-state index in [0.29, 0.717) is 0 Å². The molecule has 80 valence electrons. The lowest BCUT2D eigenvalue weighted by atomic mass is 10.2. The fourth-order valence-corrected chi connectivity index (χ4v) is 0.927. The van der Waals surface area contributed by atoms with E-state index in [1.165, 1.54) is 6.07 Å². The Morgan fingerprint density at radius 3 is 2.40 bits per heavy atom. The van der Waals surface area contributed by atoms with E-state index in [4.69, 9.17) is 14.9 Å². The Kier molecular flexibility index (Phi) is 3.12. The first-order valence-electron chi connectivity index (χ1n) is 3.91. The van der Waals surface area contributed by atoms with E-state index in [9.17, 15) is 14.7 Å². The van der Waals surface area contributed by atoms with Crippen molar-refractivity contribution >= 4 is 11.9 Å². The molecule has 3 N–H and O–H groups in total. The first-order chi connectivity index (χ1) is 7.00. The van der Waals surface area contributed by atoms with Crippen molar-refractivity contribution in [3.05, 3.63) is 23.8 Å². The van der Waals surface area contributed by atoms with Crippen molar-refractivity contribution in [2.24, 2.45) is 0 Å². The van der Waals surface area contributed by atoms with E-state index in [2.05, 4.69) is 0 Å². The van der Waals surface area contributed by atoms with Crippen LogP contribution in [-0.2, 0) is 4.79 Å². The number of aliphatic carboxylic acids is 1. The van der Waals surface area contributed by atoms with Crippen molar-refractivity contribution in [3.8, 4) is 11.5 Å². The largest absolute Gasteiger partial charge is 0.507 e. The Balaban J connectivity index is 2.82. The Labute approximate surface area is 84.3 Å². The zero-order valence-corrected chi connectivity index (χ0v) is 7.51. The van der Waals surface area contributed by atoms with E-state index in [0.717, 1.165) is 12.1 Å². The molecule has 0 spiro atoms. The van der Waals surface area contributed by atoms with Gasteiger partial charge in [0.2, 0.25) is 0 Å². The Hall–Kier alpha value is -2.24. The van der Waals surface area contributed by atoms with E-state index < -0.39 is 24.3 Å². The maximum atomic E-state index is 10.5. The molecule has 1 aromatic rings. The summed E-state index contributed by atoms with van der Waals surface area (Å²) in [5, 5.41) is 26.1. The minimum atomic E-state index is -1.27. The van der Waals surface area contributed by atoms with Gasteiger partial charge in [0, 0.05) is 6.07 Å². The van der Waals surface area contributed by atoms with Crippen LogP contribution < -0.4 is 4.74 Å². The molecular formula is C9H8O6. The van der Waals surface area contributed by atoms with Crippen LogP contribution in [0.1, 0.15) is 10.4 Å². The van der Waals surface area contributed by atoms with Crippen LogP contribution in [0.25, 0.3) is 0 Å². The van der Waals surface area contributed by atoms with Crippen LogP contribution in [-0.4, -0.2) is 33.9 Å². The highest BCUT2D eigenvalue weighted by Gasteiger charge is 2.10. The van der Waals surface area contributed by atoms with Gasteiger partial charge in [-0.1, -0.05) is 0 Å². The van der Waals surface area contributed by atoms with Gasteiger partial charge in [0.1, 0.15) is 17.1 Å². The summed E-state index contributed by atoms with van der Waals surface area (Å²) in [7, 11) is 0. The zero-order chi connectivity index (χ0) is 11.4. The van der Waals surface area contributed by atoms with Crippen molar-refractivity contribution in [1.29, 1.82) is 0 Å². The molecule has 0 amide bonds. The Bertz CT molecular complexity index is 398. The summed E-state index contributed by atoms with van der Waals surface area (Å²) in [4.78, 5) is 20.7. The number of hydrogen-bond acceptors (Lipinski definition) is 4. The van der Waals surface area contributed by atoms with Gasteiger partial charge in [-0.05, 0) is 12.1 Å². The predicted octanol–water partition coefficient (Wildman–Crippen LogP) is 0.554. The average molecular weight is 212 g/mol. The van der Waals surface area contributed by atoms with Crippen LogP contribution in [0.2, 0.25) is 0 Å². The van der Waals surface area contributed by atoms with E-state index >= 15 is 0 Å². The molecule has 0 heterocycles.